The summed E-state index contributed by atoms with van der Waals surface area (Å²) < 4.78 is 14.7. The van der Waals surface area contributed by atoms with Gasteiger partial charge >= 0.3 is 0 Å². The van der Waals surface area contributed by atoms with E-state index in [2.05, 4.69) is 31.4 Å². The molecule has 7 heteroatoms. The van der Waals surface area contributed by atoms with Gasteiger partial charge in [0, 0.05) is 27.1 Å². The smallest absolute Gasteiger partial charge is 0.274 e. The number of H-pyrrole nitrogens is 1. The first-order valence-corrected chi connectivity index (χ1v) is 7.67. The number of nitrogens with zero attached hydrogens (tertiary/aromatic N) is 2. The standard InChI is InChI=1S/C17H10BrFN4O/c18-12-2-4-16-14(6-12)11(8-21-16)9-22-23-17(24)13-3-1-10(7-20)5-15(13)19/h1-6,8-9,21H,(H,23,24)/b22-9-. The van der Waals surface area contributed by atoms with E-state index >= 15 is 0 Å². The van der Waals surface area contributed by atoms with Crippen LogP contribution in [0.25, 0.3) is 10.9 Å². The summed E-state index contributed by atoms with van der Waals surface area (Å²) in [4.78, 5) is 15.0. The number of aromatic amines is 1. The molecule has 24 heavy (non-hydrogen) atoms. The van der Waals surface area contributed by atoms with Crippen LogP contribution in [0.3, 0.4) is 0 Å². The Morgan fingerprint density at radius 2 is 2.17 bits per heavy atom. The monoisotopic (exact) mass is 384 g/mol. The number of nitrogens with one attached hydrogen (secondary N) is 2. The predicted octanol–water partition coefficient (Wildman–Crippen LogP) is 3.71. The first-order valence-electron chi connectivity index (χ1n) is 6.88. The molecule has 1 amide bonds. The average molecular weight is 385 g/mol. The molecule has 118 valence electrons. The van der Waals surface area contributed by atoms with Gasteiger partial charge in [-0.2, -0.15) is 10.4 Å². The predicted molar refractivity (Wildman–Crippen MR) is 92.2 cm³/mol. The molecule has 0 aliphatic carbocycles. The third kappa shape index (κ3) is 3.19. The van der Waals surface area contributed by atoms with Crippen LogP contribution in [0.15, 0.2) is 52.2 Å². The quantitative estimate of drug-likeness (QED) is 0.533. The summed E-state index contributed by atoms with van der Waals surface area (Å²) in [6, 6.07) is 11.2. The molecule has 0 fully saturated rings. The van der Waals surface area contributed by atoms with Crippen molar-refractivity contribution in [2.45, 2.75) is 0 Å². The molecular formula is C17H10BrFN4O. The van der Waals surface area contributed by atoms with E-state index in [1.165, 1.54) is 18.3 Å². The van der Waals surface area contributed by atoms with Gasteiger partial charge in [-0.25, -0.2) is 9.82 Å². The number of benzene rings is 2. The first-order chi connectivity index (χ1) is 11.6. The molecule has 0 spiro atoms. The number of amides is 1. The third-order valence-corrected chi connectivity index (χ3v) is 3.88. The maximum Gasteiger partial charge on any atom is 0.274 e. The minimum atomic E-state index is -0.766. The molecule has 0 aliphatic heterocycles. The van der Waals surface area contributed by atoms with Crippen LogP contribution >= 0.6 is 15.9 Å². The van der Waals surface area contributed by atoms with Crippen LogP contribution in [-0.4, -0.2) is 17.1 Å². The lowest BCUT2D eigenvalue weighted by atomic mass is 10.1. The number of carbonyl (C=O) groups is 1. The number of hydrogen-bond acceptors (Lipinski definition) is 3. The molecule has 5 nitrogen and oxygen atoms in total. The summed E-state index contributed by atoms with van der Waals surface area (Å²) in [6.45, 7) is 0. The highest BCUT2D eigenvalue weighted by molar-refractivity contribution is 9.10. The van der Waals surface area contributed by atoms with E-state index in [0.717, 1.165) is 27.0 Å². The summed E-state index contributed by atoms with van der Waals surface area (Å²) in [5.74, 6) is -1.45. The van der Waals surface area contributed by atoms with Crippen molar-refractivity contribution in [3.63, 3.8) is 0 Å². The van der Waals surface area contributed by atoms with E-state index in [0.29, 0.717) is 0 Å². The Hall–Kier alpha value is -2.98. The van der Waals surface area contributed by atoms with Crippen molar-refractivity contribution in [2.75, 3.05) is 0 Å². The molecule has 3 rings (SSSR count). The van der Waals surface area contributed by atoms with Crippen LogP contribution < -0.4 is 5.43 Å². The molecule has 0 radical (unpaired) electrons. The molecule has 1 heterocycles. The molecule has 0 aliphatic rings. The lowest BCUT2D eigenvalue weighted by Gasteiger charge is -2.01. The minimum absolute atomic E-state index is 0.150. The van der Waals surface area contributed by atoms with Gasteiger partial charge < -0.3 is 4.98 Å². The molecule has 0 saturated carbocycles. The maximum atomic E-state index is 13.8. The van der Waals surface area contributed by atoms with Crippen molar-refractivity contribution in [3.8, 4) is 6.07 Å². The van der Waals surface area contributed by atoms with E-state index in [4.69, 9.17) is 5.26 Å². The van der Waals surface area contributed by atoms with E-state index < -0.39 is 11.7 Å². The molecular weight excluding hydrogens is 375 g/mol. The fourth-order valence-electron chi connectivity index (χ4n) is 2.21. The van der Waals surface area contributed by atoms with Crippen LogP contribution in [0.1, 0.15) is 21.5 Å². The van der Waals surface area contributed by atoms with Crippen molar-refractivity contribution in [3.05, 3.63) is 69.6 Å². The number of halogens is 2. The number of hydrogen-bond donors (Lipinski definition) is 2. The number of hydrazone groups is 1. The average Bonchev–Trinajstić information content (AvgIpc) is 2.96. The third-order valence-electron chi connectivity index (χ3n) is 3.39. The van der Waals surface area contributed by atoms with Crippen LogP contribution in [0.2, 0.25) is 0 Å². The zero-order valence-corrected chi connectivity index (χ0v) is 13.8. The Kier molecular flexibility index (Phi) is 4.40. The number of carbonyl (C=O) groups excluding carboxylic acids is 1. The zero-order chi connectivity index (χ0) is 17.1. The van der Waals surface area contributed by atoms with E-state index in [1.54, 1.807) is 6.20 Å². The summed E-state index contributed by atoms with van der Waals surface area (Å²) >= 11 is 3.40. The molecule has 0 saturated heterocycles. The SMILES string of the molecule is N#Cc1ccc(C(=O)N/N=C\c2c[nH]c3ccc(Br)cc23)c(F)c1. The second-order valence-corrected chi connectivity index (χ2v) is 5.86. The molecule has 0 unspecified atom stereocenters. The van der Waals surface area contributed by atoms with Crippen LogP contribution in [0.5, 0.6) is 0 Å². The second kappa shape index (κ2) is 6.64. The summed E-state index contributed by atoms with van der Waals surface area (Å²) in [7, 11) is 0. The van der Waals surface area contributed by atoms with Crippen molar-refractivity contribution in [1.29, 1.82) is 5.26 Å². The summed E-state index contributed by atoms with van der Waals surface area (Å²) in [5.41, 5.74) is 3.97. The number of nitriles is 1. The van der Waals surface area contributed by atoms with Gasteiger partial charge in [0.2, 0.25) is 0 Å². The Morgan fingerprint density at radius 3 is 2.92 bits per heavy atom. The van der Waals surface area contributed by atoms with Crippen molar-refractivity contribution < 1.29 is 9.18 Å². The summed E-state index contributed by atoms with van der Waals surface area (Å²) in [6.07, 6.45) is 3.24. The highest BCUT2D eigenvalue weighted by atomic mass is 79.9. The highest BCUT2D eigenvalue weighted by Gasteiger charge is 2.11. The number of aromatic nitrogens is 1. The normalized spacial score (nSPS) is 10.9. The largest absolute Gasteiger partial charge is 0.361 e. The Balaban J connectivity index is 1.77. The Bertz CT molecular complexity index is 1000. The van der Waals surface area contributed by atoms with Gasteiger partial charge in [-0.3, -0.25) is 4.79 Å². The topological polar surface area (TPSA) is 81.0 Å². The molecule has 2 N–H and O–H groups in total. The van der Waals surface area contributed by atoms with Gasteiger partial charge in [0.25, 0.3) is 5.91 Å². The van der Waals surface area contributed by atoms with Crippen LogP contribution in [0, 0.1) is 17.1 Å². The Labute approximate surface area is 144 Å². The van der Waals surface area contributed by atoms with Crippen LogP contribution in [0.4, 0.5) is 4.39 Å². The van der Waals surface area contributed by atoms with Gasteiger partial charge in [-0.05, 0) is 36.4 Å². The van der Waals surface area contributed by atoms with E-state index in [9.17, 15) is 9.18 Å². The van der Waals surface area contributed by atoms with Crippen molar-refractivity contribution in [1.82, 2.24) is 10.4 Å². The fourth-order valence-corrected chi connectivity index (χ4v) is 2.57. The van der Waals surface area contributed by atoms with Gasteiger partial charge in [-0.15, -0.1) is 0 Å². The molecule has 0 atom stereocenters. The summed E-state index contributed by atoms with van der Waals surface area (Å²) in [5, 5.41) is 13.5. The minimum Gasteiger partial charge on any atom is -0.361 e. The van der Waals surface area contributed by atoms with Gasteiger partial charge in [-0.1, -0.05) is 15.9 Å². The molecule has 3 aromatic rings. The highest BCUT2D eigenvalue weighted by Crippen LogP contribution is 2.21. The number of fused-ring (bicyclic) bond motifs is 1. The van der Waals surface area contributed by atoms with E-state index in [1.807, 2.05) is 24.3 Å². The lowest BCUT2D eigenvalue weighted by molar-refractivity contribution is 0.0951. The lowest BCUT2D eigenvalue weighted by Crippen LogP contribution is -2.19. The maximum absolute atomic E-state index is 13.8. The van der Waals surface area contributed by atoms with Crippen molar-refractivity contribution in [2.24, 2.45) is 5.10 Å². The van der Waals surface area contributed by atoms with E-state index in [-0.39, 0.29) is 11.1 Å². The fraction of sp³-hybridized carbons (Fsp3) is 0. The van der Waals surface area contributed by atoms with Gasteiger partial charge in [0.05, 0.1) is 23.4 Å². The zero-order valence-electron chi connectivity index (χ0n) is 12.2. The Morgan fingerprint density at radius 1 is 1.33 bits per heavy atom. The van der Waals surface area contributed by atoms with Crippen molar-refractivity contribution >= 4 is 39.0 Å². The molecule has 2 aromatic carbocycles. The first kappa shape index (κ1) is 15.9. The molecule has 0 bridgehead atoms. The second-order valence-electron chi connectivity index (χ2n) is 4.94. The van der Waals surface area contributed by atoms with Gasteiger partial charge in [0.15, 0.2) is 0 Å². The molecule has 1 aromatic heterocycles. The van der Waals surface area contributed by atoms with Crippen LogP contribution in [-0.2, 0) is 0 Å². The number of rotatable bonds is 3. The van der Waals surface area contributed by atoms with Gasteiger partial charge in [0.1, 0.15) is 5.82 Å².